The lowest BCUT2D eigenvalue weighted by atomic mass is 10.2. The highest BCUT2D eigenvalue weighted by Crippen LogP contribution is 2.08. The Kier molecular flexibility index (Phi) is 6.06. The van der Waals surface area contributed by atoms with Crippen LogP contribution in [-0.2, 0) is 6.54 Å². The first kappa shape index (κ1) is 13.7. The van der Waals surface area contributed by atoms with E-state index in [1.165, 1.54) is 12.0 Å². The van der Waals surface area contributed by atoms with Crippen LogP contribution < -0.4 is 5.32 Å². The molecule has 2 heterocycles. The SMILES string of the molecule is Cl.Clc1ccc(CN2CCCNCC2)cn1. The molecular formula is C11H17Cl2N3. The molecule has 90 valence electrons. The van der Waals surface area contributed by atoms with Gasteiger partial charge in [0.2, 0.25) is 0 Å². The Morgan fingerprint density at radius 2 is 2.19 bits per heavy atom. The van der Waals surface area contributed by atoms with Crippen LogP contribution in [0.5, 0.6) is 0 Å². The van der Waals surface area contributed by atoms with Gasteiger partial charge in [-0.2, -0.15) is 0 Å². The van der Waals surface area contributed by atoms with Gasteiger partial charge in [0.1, 0.15) is 5.15 Å². The summed E-state index contributed by atoms with van der Waals surface area (Å²) < 4.78 is 0. The summed E-state index contributed by atoms with van der Waals surface area (Å²) in [6, 6.07) is 3.90. The molecule has 2 rings (SSSR count). The van der Waals surface area contributed by atoms with Crippen molar-refractivity contribution in [3.8, 4) is 0 Å². The number of halogens is 2. The number of pyridine rings is 1. The second-order valence-corrected chi connectivity index (χ2v) is 4.26. The molecule has 1 aliphatic heterocycles. The van der Waals surface area contributed by atoms with E-state index in [1.807, 2.05) is 18.3 Å². The molecule has 0 saturated carbocycles. The van der Waals surface area contributed by atoms with Gasteiger partial charge >= 0.3 is 0 Å². The van der Waals surface area contributed by atoms with Gasteiger partial charge in [0.25, 0.3) is 0 Å². The molecule has 1 aromatic rings. The number of aromatic nitrogens is 1. The van der Waals surface area contributed by atoms with Crippen LogP contribution in [-0.4, -0.2) is 36.1 Å². The molecule has 0 bridgehead atoms. The van der Waals surface area contributed by atoms with Gasteiger partial charge in [-0.3, -0.25) is 4.90 Å². The smallest absolute Gasteiger partial charge is 0.129 e. The molecular weight excluding hydrogens is 245 g/mol. The zero-order chi connectivity index (χ0) is 10.5. The normalized spacial score (nSPS) is 17.6. The van der Waals surface area contributed by atoms with Crippen LogP contribution in [0.25, 0.3) is 0 Å². The van der Waals surface area contributed by atoms with Crippen molar-refractivity contribution in [1.29, 1.82) is 0 Å². The third-order valence-electron chi connectivity index (χ3n) is 2.63. The van der Waals surface area contributed by atoms with Crippen molar-refractivity contribution >= 4 is 24.0 Å². The molecule has 0 aliphatic carbocycles. The molecule has 1 fully saturated rings. The Morgan fingerprint density at radius 1 is 1.31 bits per heavy atom. The van der Waals surface area contributed by atoms with Crippen molar-refractivity contribution in [2.24, 2.45) is 0 Å². The average Bonchev–Trinajstić information content (AvgIpc) is 2.50. The molecule has 16 heavy (non-hydrogen) atoms. The Labute approximate surface area is 108 Å². The number of nitrogens with one attached hydrogen (secondary N) is 1. The number of hydrogen-bond acceptors (Lipinski definition) is 3. The summed E-state index contributed by atoms with van der Waals surface area (Å²) in [6.45, 7) is 5.47. The second kappa shape index (κ2) is 7.07. The van der Waals surface area contributed by atoms with Gasteiger partial charge in [0.15, 0.2) is 0 Å². The molecule has 0 unspecified atom stereocenters. The fourth-order valence-electron chi connectivity index (χ4n) is 1.82. The Bertz CT molecular complexity index is 295. The molecule has 0 aromatic carbocycles. The largest absolute Gasteiger partial charge is 0.315 e. The molecule has 1 saturated heterocycles. The summed E-state index contributed by atoms with van der Waals surface area (Å²) in [6.07, 6.45) is 3.08. The Balaban J connectivity index is 0.00000128. The zero-order valence-electron chi connectivity index (χ0n) is 9.16. The van der Waals surface area contributed by atoms with Gasteiger partial charge in [-0.15, -0.1) is 12.4 Å². The molecule has 3 nitrogen and oxygen atoms in total. The van der Waals surface area contributed by atoms with Crippen LogP contribution >= 0.6 is 24.0 Å². The van der Waals surface area contributed by atoms with Crippen molar-refractivity contribution in [2.75, 3.05) is 26.2 Å². The van der Waals surface area contributed by atoms with E-state index in [-0.39, 0.29) is 12.4 Å². The highest BCUT2D eigenvalue weighted by Gasteiger charge is 2.08. The first-order valence-electron chi connectivity index (χ1n) is 5.38. The maximum absolute atomic E-state index is 5.75. The van der Waals surface area contributed by atoms with Crippen LogP contribution in [0.4, 0.5) is 0 Å². The predicted octanol–water partition coefficient (Wildman–Crippen LogP) is 1.95. The van der Waals surface area contributed by atoms with E-state index in [9.17, 15) is 0 Å². The Hall–Kier alpha value is -0.350. The lowest BCUT2D eigenvalue weighted by molar-refractivity contribution is 0.284. The second-order valence-electron chi connectivity index (χ2n) is 3.87. The van der Waals surface area contributed by atoms with E-state index in [2.05, 4.69) is 15.2 Å². The molecule has 1 aliphatic rings. The topological polar surface area (TPSA) is 28.2 Å². The molecule has 5 heteroatoms. The number of rotatable bonds is 2. The summed E-state index contributed by atoms with van der Waals surface area (Å²) in [7, 11) is 0. The van der Waals surface area contributed by atoms with Crippen molar-refractivity contribution in [3.05, 3.63) is 29.0 Å². The lowest BCUT2D eigenvalue weighted by Crippen LogP contribution is -2.27. The van der Waals surface area contributed by atoms with Crippen LogP contribution in [0.2, 0.25) is 5.15 Å². The van der Waals surface area contributed by atoms with Crippen LogP contribution in [0, 0.1) is 0 Å². The van der Waals surface area contributed by atoms with E-state index in [0.717, 1.165) is 32.7 Å². The van der Waals surface area contributed by atoms with Crippen molar-refractivity contribution in [3.63, 3.8) is 0 Å². The quantitative estimate of drug-likeness (QED) is 0.826. The van der Waals surface area contributed by atoms with E-state index >= 15 is 0 Å². The van der Waals surface area contributed by atoms with Gasteiger partial charge in [-0.05, 0) is 31.1 Å². The molecule has 1 N–H and O–H groups in total. The summed E-state index contributed by atoms with van der Waals surface area (Å²) in [5.41, 5.74) is 1.24. The van der Waals surface area contributed by atoms with E-state index < -0.39 is 0 Å². The van der Waals surface area contributed by atoms with Crippen LogP contribution in [0.3, 0.4) is 0 Å². The highest BCUT2D eigenvalue weighted by atomic mass is 35.5. The van der Waals surface area contributed by atoms with Crippen molar-refractivity contribution < 1.29 is 0 Å². The third-order valence-corrected chi connectivity index (χ3v) is 2.85. The molecule has 0 radical (unpaired) electrons. The van der Waals surface area contributed by atoms with Gasteiger partial charge in [-0.1, -0.05) is 17.7 Å². The fourth-order valence-corrected chi connectivity index (χ4v) is 1.93. The van der Waals surface area contributed by atoms with Crippen molar-refractivity contribution in [2.45, 2.75) is 13.0 Å². The van der Waals surface area contributed by atoms with Crippen molar-refractivity contribution in [1.82, 2.24) is 15.2 Å². The van der Waals surface area contributed by atoms with E-state index in [0.29, 0.717) is 5.15 Å². The maximum Gasteiger partial charge on any atom is 0.129 e. The molecule has 1 aromatic heterocycles. The van der Waals surface area contributed by atoms with Gasteiger partial charge in [0, 0.05) is 25.8 Å². The predicted molar refractivity (Wildman–Crippen MR) is 69.3 cm³/mol. The Morgan fingerprint density at radius 3 is 2.94 bits per heavy atom. The molecule has 0 amide bonds. The zero-order valence-corrected chi connectivity index (χ0v) is 10.7. The first-order chi connectivity index (χ1) is 7.34. The van der Waals surface area contributed by atoms with Gasteiger partial charge in [0.05, 0.1) is 0 Å². The number of nitrogens with zero attached hydrogens (tertiary/aromatic N) is 2. The van der Waals surface area contributed by atoms with Gasteiger partial charge in [-0.25, -0.2) is 4.98 Å². The minimum absolute atomic E-state index is 0. The van der Waals surface area contributed by atoms with Gasteiger partial charge < -0.3 is 5.32 Å². The summed E-state index contributed by atoms with van der Waals surface area (Å²) >= 11 is 5.75. The fraction of sp³-hybridized carbons (Fsp3) is 0.545. The summed E-state index contributed by atoms with van der Waals surface area (Å²) in [5, 5.41) is 3.96. The first-order valence-corrected chi connectivity index (χ1v) is 5.76. The molecule has 0 spiro atoms. The summed E-state index contributed by atoms with van der Waals surface area (Å²) in [5.74, 6) is 0. The minimum Gasteiger partial charge on any atom is -0.315 e. The van der Waals surface area contributed by atoms with E-state index in [1.54, 1.807) is 0 Å². The maximum atomic E-state index is 5.75. The number of hydrogen-bond donors (Lipinski definition) is 1. The minimum atomic E-state index is 0. The summed E-state index contributed by atoms with van der Waals surface area (Å²) in [4.78, 5) is 6.54. The highest BCUT2D eigenvalue weighted by molar-refractivity contribution is 6.29. The lowest BCUT2D eigenvalue weighted by Gasteiger charge is -2.18. The third kappa shape index (κ3) is 4.26. The van der Waals surface area contributed by atoms with E-state index in [4.69, 9.17) is 11.6 Å². The molecule has 0 atom stereocenters. The standard InChI is InChI=1S/C11H16ClN3.ClH/c12-11-3-2-10(8-14-11)9-15-6-1-4-13-5-7-15;/h2-3,8,13H,1,4-7,9H2;1H. The van der Waals surface area contributed by atoms with Crippen LogP contribution in [0.1, 0.15) is 12.0 Å². The van der Waals surface area contributed by atoms with Crippen LogP contribution in [0.15, 0.2) is 18.3 Å². The monoisotopic (exact) mass is 261 g/mol. The average molecular weight is 262 g/mol.